The zero-order chi connectivity index (χ0) is 19.1. The summed E-state index contributed by atoms with van der Waals surface area (Å²) < 4.78 is 1.53. The van der Waals surface area contributed by atoms with E-state index in [1.165, 1.54) is 21.2 Å². The van der Waals surface area contributed by atoms with Gasteiger partial charge < -0.3 is 4.90 Å². The van der Waals surface area contributed by atoms with Crippen LogP contribution in [0.3, 0.4) is 0 Å². The highest BCUT2D eigenvalue weighted by Crippen LogP contribution is 2.39. The number of rotatable bonds is 3. The fraction of sp³-hybridized carbons (Fsp3) is 0.190. The first-order chi connectivity index (χ1) is 13.7. The first-order valence-electron chi connectivity index (χ1n) is 9.06. The molecule has 4 aromatic rings. The minimum Gasteiger partial charge on any atom is -0.329 e. The second-order valence-electron chi connectivity index (χ2n) is 6.73. The monoisotopic (exact) mass is 407 g/mol. The van der Waals surface area contributed by atoms with Crippen LogP contribution in [0.15, 0.2) is 64.2 Å². The number of amides is 1. The van der Waals surface area contributed by atoms with Gasteiger partial charge in [0.25, 0.3) is 5.56 Å². The molecule has 0 N–H and O–H groups in total. The Balaban J connectivity index is 1.54. The molecule has 0 spiro atoms. The van der Waals surface area contributed by atoms with E-state index in [4.69, 9.17) is 0 Å². The summed E-state index contributed by atoms with van der Waals surface area (Å²) in [5.41, 5.74) is 2.35. The van der Waals surface area contributed by atoms with Crippen molar-refractivity contribution in [2.24, 2.45) is 0 Å². The summed E-state index contributed by atoms with van der Waals surface area (Å²) >= 11 is 3.41. The number of carbonyl (C=O) groups excluding carboxylic acids is 1. The number of carbonyl (C=O) groups is 1. The maximum Gasteiger partial charge on any atom is 0.269 e. The number of fused-ring (bicyclic) bond motifs is 2. The Bertz CT molecular complexity index is 1210. The molecule has 7 heteroatoms. The zero-order valence-electron chi connectivity index (χ0n) is 14.9. The molecule has 1 aliphatic rings. The van der Waals surface area contributed by atoms with E-state index in [1.807, 2.05) is 40.6 Å². The molecule has 5 rings (SSSR count). The van der Waals surface area contributed by atoms with Crippen LogP contribution in [0.1, 0.15) is 21.4 Å². The molecule has 3 aromatic heterocycles. The molecule has 0 unspecified atom stereocenters. The Morgan fingerprint density at radius 1 is 1.11 bits per heavy atom. The smallest absolute Gasteiger partial charge is 0.269 e. The van der Waals surface area contributed by atoms with Gasteiger partial charge in [-0.15, -0.1) is 22.7 Å². The fourth-order valence-electron chi connectivity index (χ4n) is 3.84. The predicted molar refractivity (Wildman–Crippen MR) is 112 cm³/mol. The minimum absolute atomic E-state index is 0.0171. The van der Waals surface area contributed by atoms with Gasteiger partial charge in [0.05, 0.1) is 23.3 Å². The minimum atomic E-state index is -0.257. The largest absolute Gasteiger partial charge is 0.329 e. The molecule has 1 amide bonds. The molecule has 0 saturated heterocycles. The highest BCUT2D eigenvalue weighted by molar-refractivity contribution is 7.10. The Morgan fingerprint density at radius 3 is 2.86 bits per heavy atom. The molecule has 1 atom stereocenters. The van der Waals surface area contributed by atoms with Crippen LogP contribution in [0.2, 0.25) is 0 Å². The lowest BCUT2D eigenvalue weighted by Gasteiger charge is -2.35. The van der Waals surface area contributed by atoms with Gasteiger partial charge in [-0.1, -0.05) is 18.2 Å². The van der Waals surface area contributed by atoms with Crippen LogP contribution in [-0.2, 0) is 17.8 Å². The summed E-state index contributed by atoms with van der Waals surface area (Å²) in [5.74, 6) is -0.0475. The normalized spacial score (nSPS) is 16.3. The zero-order valence-corrected chi connectivity index (χ0v) is 16.6. The third-order valence-corrected chi connectivity index (χ3v) is 7.07. The van der Waals surface area contributed by atoms with Crippen LogP contribution in [0, 0.1) is 0 Å². The molecule has 0 saturated carbocycles. The number of para-hydroxylation sites is 2. The second kappa shape index (κ2) is 7.00. The van der Waals surface area contributed by atoms with Crippen molar-refractivity contribution in [2.45, 2.75) is 19.0 Å². The second-order valence-corrected chi connectivity index (χ2v) is 8.71. The topological polar surface area (TPSA) is 55.2 Å². The number of hydrogen-bond acceptors (Lipinski definition) is 5. The quantitative estimate of drug-likeness (QED) is 0.520. The molecule has 0 bridgehead atoms. The molecule has 1 aliphatic heterocycles. The van der Waals surface area contributed by atoms with Crippen molar-refractivity contribution in [3.8, 4) is 0 Å². The summed E-state index contributed by atoms with van der Waals surface area (Å²) in [5, 5.41) is 4.14. The lowest BCUT2D eigenvalue weighted by Crippen LogP contribution is -2.42. The summed E-state index contributed by atoms with van der Waals surface area (Å²) in [6.45, 7) is 0.676. The third-order valence-electron chi connectivity index (χ3n) is 5.14. The van der Waals surface area contributed by atoms with Gasteiger partial charge in [-0.2, -0.15) is 0 Å². The fourth-order valence-corrected chi connectivity index (χ4v) is 5.60. The van der Waals surface area contributed by atoms with Gasteiger partial charge in [0.15, 0.2) is 0 Å². The molecule has 4 heterocycles. The standard InChI is InChI=1S/C21H17N3O2S2/c25-19-12-22-15-4-1-2-5-16(15)24(19)13-20(26)23-9-7-17-14(8-11-28-17)21(23)18-6-3-10-27-18/h1-6,8,10-12,21H,7,9,13H2/t21-/m0/s1. The summed E-state index contributed by atoms with van der Waals surface area (Å²) in [6, 6.07) is 13.6. The van der Waals surface area contributed by atoms with E-state index < -0.39 is 0 Å². The van der Waals surface area contributed by atoms with Gasteiger partial charge >= 0.3 is 0 Å². The van der Waals surface area contributed by atoms with Gasteiger partial charge in [0, 0.05) is 16.3 Å². The molecule has 0 aliphatic carbocycles. The van der Waals surface area contributed by atoms with Gasteiger partial charge in [-0.25, -0.2) is 4.98 Å². The molecule has 140 valence electrons. The van der Waals surface area contributed by atoms with Crippen molar-refractivity contribution in [2.75, 3.05) is 6.54 Å². The lowest BCUT2D eigenvalue weighted by molar-refractivity contribution is -0.133. The number of hydrogen-bond donors (Lipinski definition) is 0. The van der Waals surface area contributed by atoms with Crippen LogP contribution in [-0.4, -0.2) is 26.9 Å². The maximum absolute atomic E-state index is 13.4. The summed E-state index contributed by atoms with van der Waals surface area (Å²) in [4.78, 5) is 34.4. The number of benzene rings is 1. The summed E-state index contributed by atoms with van der Waals surface area (Å²) in [6.07, 6.45) is 2.14. The molecule has 0 fully saturated rings. The van der Waals surface area contributed by atoms with Gasteiger partial charge in [0.2, 0.25) is 5.91 Å². The first kappa shape index (κ1) is 17.3. The molecule has 0 radical (unpaired) electrons. The van der Waals surface area contributed by atoms with E-state index in [9.17, 15) is 9.59 Å². The number of aromatic nitrogens is 2. The predicted octanol–water partition coefficient (Wildman–Crippen LogP) is 3.69. The van der Waals surface area contributed by atoms with Crippen LogP contribution in [0.4, 0.5) is 0 Å². The average molecular weight is 408 g/mol. The Hall–Kier alpha value is -2.77. The molecule has 5 nitrogen and oxygen atoms in total. The van der Waals surface area contributed by atoms with Gasteiger partial charge in [-0.05, 0) is 47.0 Å². The highest BCUT2D eigenvalue weighted by atomic mass is 32.1. The van der Waals surface area contributed by atoms with Crippen molar-refractivity contribution in [1.82, 2.24) is 14.5 Å². The van der Waals surface area contributed by atoms with E-state index >= 15 is 0 Å². The van der Waals surface area contributed by atoms with E-state index in [0.29, 0.717) is 17.6 Å². The SMILES string of the molecule is O=C(Cn1c(=O)cnc2ccccc21)N1CCc2sccc2[C@H]1c1cccs1. The Morgan fingerprint density at radius 2 is 2.00 bits per heavy atom. The average Bonchev–Trinajstić information content (AvgIpc) is 3.41. The van der Waals surface area contributed by atoms with Crippen LogP contribution < -0.4 is 5.56 Å². The van der Waals surface area contributed by atoms with Gasteiger partial charge in [0.1, 0.15) is 6.54 Å². The van der Waals surface area contributed by atoms with Crippen molar-refractivity contribution in [3.05, 3.63) is 85.1 Å². The van der Waals surface area contributed by atoms with E-state index in [0.717, 1.165) is 11.3 Å². The molecular weight excluding hydrogens is 390 g/mol. The van der Waals surface area contributed by atoms with Crippen LogP contribution in [0.5, 0.6) is 0 Å². The summed E-state index contributed by atoms with van der Waals surface area (Å²) in [7, 11) is 0. The van der Waals surface area contributed by atoms with E-state index in [1.54, 1.807) is 22.7 Å². The van der Waals surface area contributed by atoms with Crippen molar-refractivity contribution in [3.63, 3.8) is 0 Å². The number of thiophene rings is 2. The van der Waals surface area contributed by atoms with E-state index in [2.05, 4.69) is 22.5 Å². The van der Waals surface area contributed by atoms with Crippen molar-refractivity contribution >= 4 is 39.6 Å². The van der Waals surface area contributed by atoms with Gasteiger partial charge in [-0.3, -0.25) is 14.2 Å². The third kappa shape index (κ3) is 2.87. The van der Waals surface area contributed by atoms with Crippen molar-refractivity contribution in [1.29, 1.82) is 0 Å². The number of nitrogens with zero attached hydrogens (tertiary/aromatic N) is 3. The van der Waals surface area contributed by atoms with Crippen molar-refractivity contribution < 1.29 is 4.79 Å². The lowest BCUT2D eigenvalue weighted by atomic mass is 9.98. The van der Waals surface area contributed by atoms with E-state index in [-0.39, 0.29) is 24.1 Å². The molecular formula is C21H17N3O2S2. The van der Waals surface area contributed by atoms with Crippen LogP contribution >= 0.6 is 22.7 Å². The first-order valence-corrected chi connectivity index (χ1v) is 10.8. The Kier molecular flexibility index (Phi) is 4.33. The molecule has 1 aromatic carbocycles. The maximum atomic E-state index is 13.4. The highest BCUT2D eigenvalue weighted by Gasteiger charge is 2.33. The van der Waals surface area contributed by atoms with Crippen LogP contribution in [0.25, 0.3) is 11.0 Å². The Labute approximate surface area is 169 Å². The molecule has 28 heavy (non-hydrogen) atoms.